The lowest BCUT2D eigenvalue weighted by Gasteiger charge is -2.19. The molecular weight excluding hydrogens is 252 g/mol. The monoisotopic (exact) mass is 274 g/mol. The van der Waals surface area contributed by atoms with Crippen LogP contribution in [-0.4, -0.2) is 22.5 Å². The molecule has 0 bridgehead atoms. The molecular formula is C16H22N2S. The first-order valence-electron chi connectivity index (χ1n) is 6.90. The van der Waals surface area contributed by atoms with Crippen LogP contribution in [0.4, 0.5) is 0 Å². The standard InChI is InChI=1S/C16H22N2S/c1-4-17-16(11-19-12(2)3)14-8-7-13-6-5-9-18-15(13)10-14/h5-10,12,16-17H,4,11H2,1-3H3. The van der Waals surface area contributed by atoms with Crippen molar-refractivity contribution in [3.05, 3.63) is 42.1 Å². The zero-order valence-electron chi connectivity index (χ0n) is 11.9. The molecule has 0 fully saturated rings. The van der Waals surface area contributed by atoms with E-state index in [0.717, 1.165) is 17.8 Å². The number of aromatic nitrogens is 1. The van der Waals surface area contributed by atoms with Crippen LogP contribution in [0.25, 0.3) is 10.9 Å². The number of hydrogen-bond acceptors (Lipinski definition) is 3. The average Bonchev–Trinajstić information content (AvgIpc) is 2.42. The highest BCUT2D eigenvalue weighted by Gasteiger charge is 2.12. The molecule has 0 radical (unpaired) electrons. The number of rotatable bonds is 6. The Balaban J connectivity index is 2.22. The fourth-order valence-electron chi connectivity index (χ4n) is 2.11. The van der Waals surface area contributed by atoms with E-state index in [2.05, 4.69) is 55.3 Å². The fourth-order valence-corrected chi connectivity index (χ4v) is 3.00. The van der Waals surface area contributed by atoms with Gasteiger partial charge in [-0.05, 0) is 29.5 Å². The Labute approximate surface area is 120 Å². The van der Waals surface area contributed by atoms with Crippen molar-refractivity contribution in [2.24, 2.45) is 0 Å². The van der Waals surface area contributed by atoms with E-state index >= 15 is 0 Å². The maximum atomic E-state index is 4.45. The number of nitrogens with zero attached hydrogens (tertiary/aromatic N) is 1. The highest BCUT2D eigenvalue weighted by molar-refractivity contribution is 7.99. The van der Waals surface area contributed by atoms with Gasteiger partial charge >= 0.3 is 0 Å². The van der Waals surface area contributed by atoms with E-state index in [9.17, 15) is 0 Å². The Morgan fingerprint density at radius 3 is 2.84 bits per heavy atom. The largest absolute Gasteiger partial charge is 0.310 e. The van der Waals surface area contributed by atoms with E-state index in [0.29, 0.717) is 11.3 Å². The maximum absolute atomic E-state index is 4.45. The molecule has 2 rings (SSSR count). The van der Waals surface area contributed by atoms with Crippen molar-refractivity contribution in [1.82, 2.24) is 10.3 Å². The topological polar surface area (TPSA) is 24.9 Å². The molecule has 102 valence electrons. The van der Waals surface area contributed by atoms with Crippen LogP contribution in [0.5, 0.6) is 0 Å². The summed E-state index contributed by atoms with van der Waals surface area (Å²) in [6.45, 7) is 7.64. The van der Waals surface area contributed by atoms with Gasteiger partial charge in [-0.3, -0.25) is 4.98 Å². The summed E-state index contributed by atoms with van der Waals surface area (Å²) < 4.78 is 0. The van der Waals surface area contributed by atoms with Gasteiger partial charge in [0.2, 0.25) is 0 Å². The van der Waals surface area contributed by atoms with E-state index in [-0.39, 0.29) is 0 Å². The molecule has 0 saturated heterocycles. The van der Waals surface area contributed by atoms with Crippen LogP contribution in [0.15, 0.2) is 36.5 Å². The molecule has 2 aromatic rings. The summed E-state index contributed by atoms with van der Waals surface area (Å²) in [4.78, 5) is 4.45. The van der Waals surface area contributed by atoms with Gasteiger partial charge in [-0.25, -0.2) is 0 Å². The first-order valence-corrected chi connectivity index (χ1v) is 7.95. The van der Waals surface area contributed by atoms with Crippen LogP contribution in [0.3, 0.4) is 0 Å². The number of hydrogen-bond donors (Lipinski definition) is 1. The summed E-state index contributed by atoms with van der Waals surface area (Å²) in [5, 5.41) is 5.44. The number of pyridine rings is 1. The summed E-state index contributed by atoms with van der Waals surface area (Å²) in [5.74, 6) is 1.10. The summed E-state index contributed by atoms with van der Waals surface area (Å²) in [7, 11) is 0. The summed E-state index contributed by atoms with van der Waals surface area (Å²) in [6, 6.07) is 11.1. The van der Waals surface area contributed by atoms with Gasteiger partial charge in [0.25, 0.3) is 0 Å². The molecule has 0 aliphatic carbocycles. The predicted molar refractivity (Wildman–Crippen MR) is 85.8 cm³/mol. The summed E-state index contributed by atoms with van der Waals surface area (Å²) >= 11 is 2.00. The van der Waals surface area contributed by atoms with Crippen LogP contribution >= 0.6 is 11.8 Å². The minimum absolute atomic E-state index is 0.406. The van der Waals surface area contributed by atoms with Crippen LogP contribution in [0.1, 0.15) is 32.4 Å². The lowest BCUT2D eigenvalue weighted by molar-refractivity contribution is 0.606. The van der Waals surface area contributed by atoms with E-state index in [4.69, 9.17) is 0 Å². The number of benzene rings is 1. The maximum Gasteiger partial charge on any atom is 0.0705 e. The SMILES string of the molecule is CCNC(CSC(C)C)c1ccc2cccnc2c1. The van der Waals surface area contributed by atoms with E-state index in [1.807, 2.05) is 24.0 Å². The van der Waals surface area contributed by atoms with Gasteiger partial charge in [-0.15, -0.1) is 0 Å². The van der Waals surface area contributed by atoms with Gasteiger partial charge in [0.05, 0.1) is 5.52 Å². The van der Waals surface area contributed by atoms with Gasteiger partial charge in [-0.1, -0.05) is 39.0 Å². The van der Waals surface area contributed by atoms with Crippen molar-refractivity contribution in [1.29, 1.82) is 0 Å². The first kappa shape index (κ1) is 14.4. The Morgan fingerprint density at radius 1 is 1.26 bits per heavy atom. The molecule has 1 N–H and O–H groups in total. The third-order valence-corrected chi connectivity index (χ3v) is 4.27. The van der Waals surface area contributed by atoms with Gasteiger partial charge < -0.3 is 5.32 Å². The highest BCUT2D eigenvalue weighted by Crippen LogP contribution is 2.23. The summed E-state index contributed by atoms with van der Waals surface area (Å²) in [5.41, 5.74) is 2.42. The second kappa shape index (κ2) is 6.92. The van der Waals surface area contributed by atoms with Gasteiger partial charge in [-0.2, -0.15) is 11.8 Å². The molecule has 1 unspecified atom stereocenters. The van der Waals surface area contributed by atoms with E-state index in [1.165, 1.54) is 10.9 Å². The minimum Gasteiger partial charge on any atom is -0.310 e. The third kappa shape index (κ3) is 3.95. The van der Waals surface area contributed by atoms with Gasteiger partial charge in [0.1, 0.15) is 0 Å². The fraction of sp³-hybridized carbons (Fsp3) is 0.438. The van der Waals surface area contributed by atoms with E-state index < -0.39 is 0 Å². The Bertz CT molecular complexity index is 525. The number of nitrogens with one attached hydrogen (secondary N) is 1. The average molecular weight is 274 g/mol. The molecule has 1 aromatic heterocycles. The Kier molecular flexibility index (Phi) is 5.23. The lowest BCUT2D eigenvalue weighted by atomic mass is 10.1. The highest BCUT2D eigenvalue weighted by atomic mass is 32.2. The van der Waals surface area contributed by atoms with Crippen LogP contribution in [0.2, 0.25) is 0 Å². The second-order valence-electron chi connectivity index (χ2n) is 4.95. The summed E-state index contributed by atoms with van der Waals surface area (Å²) in [6.07, 6.45) is 1.86. The van der Waals surface area contributed by atoms with Crippen LogP contribution in [-0.2, 0) is 0 Å². The number of thioether (sulfide) groups is 1. The van der Waals surface area contributed by atoms with Crippen molar-refractivity contribution < 1.29 is 0 Å². The van der Waals surface area contributed by atoms with Crippen molar-refractivity contribution in [3.8, 4) is 0 Å². The van der Waals surface area contributed by atoms with Crippen molar-refractivity contribution in [2.45, 2.75) is 32.1 Å². The first-order chi connectivity index (χ1) is 9.20. The second-order valence-corrected chi connectivity index (χ2v) is 6.56. The normalized spacial score (nSPS) is 13.1. The lowest BCUT2D eigenvalue weighted by Crippen LogP contribution is -2.23. The molecule has 1 aromatic carbocycles. The van der Waals surface area contributed by atoms with E-state index in [1.54, 1.807) is 0 Å². The molecule has 1 heterocycles. The quantitative estimate of drug-likeness (QED) is 0.861. The third-order valence-electron chi connectivity index (χ3n) is 3.08. The molecule has 0 saturated carbocycles. The van der Waals surface area contributed by atoms with Crippen molar-refractivity contribution in [3.63, 3.8) is 0 Å². The Hall–Kier alpha value is -1.06. The van der Waals surface area contributed by atoms with Gasteiger partial charge in [0, 0.05) is 23.4 Å². The van der Waals surface area contributed by atoms with Crippen LogP contribution in [0, 0.1) is 0 Å². The zero-order chi connectivity index (χ0) is 13.7. The molecule has 2 nitrogen and oxygen atoms in total. The number of fused-ring (bicyclic) bond motifs is 1. The smallest absolute Gasteiger partial charge is 0.0705 e. The molecule has 3 heteroatoms. The Morgan fingerprint density at radius 2 is 2.11 bits per heavy atom. The van der Waals surface area contributed by atoms with Crippen molar-refractivity contribution >= 4 is 22.7 Å². The van der Waals surface area contributed by atoms with Crippen LogP contribution < -0.4 is 5.32 Å². The molecule has 19 heavy (non-hydrogen) atoms. The molecule has 0 aliphatic rings. The molecule has 1 atom stereocenters. The zero-order valence-corrected chi connectivity index (χ0v) is 12.7. The van der Waals surface area contributed by atoms with Gasteiger partial charge in [0.15, 0.2) is 0 Å². The molecule has 0 aliphatic heterocycles. The van der Waals surface area contributed by atoms with Crippen molar-refractivity contribution in [2.75, 3.05) is 12.3 Å². The molecule has 0 amide bonds. The molecule has 0 spiro atoms. The minimum atomic E-state index is 0.406. The predicted octanol–water partition coefficient (Wildman–Crippen LogP) is 4.03.